The standard InChI is InChI=1S/C16H25BrN2/c1-3-11-19(16-5-4-10-18-12-16)13(2)14-6-8-15(17)9-7-14/h6-9,13,16,18H,3-5,10-12H2,1-2H3. The van der Waals surface area contributed by atoms with Gasteiger partial charge in [0, 0.05) is 23.1 Å². The molecule has 0 amide bonds. The number of halogens is 1. The van der Waals surface area contributed by atoms with E-state index in [0.29, 0.717) is 12.1 Å². The molecule has 2 atom stereocenters. The van der Waals surface area contributed by atoms with Crippen molar-refractivity contribution in [2.24, 2.45) is 0 Å². The molecule has 1 aromatic carbocycles. The molecule has 0 bridgehead atoms. The van der Waals surface area contributed by atoms with Crippen LogP contribution in [0.1, 0.15) is 44.7 Å². The lowest BCUT2D eigenvalue weighted by Gasteiger charge is -2.39. The molecule has 2 rings (SSSR count). The molecule has 1 fully saturated rings. The Morgan fingerprint density at radius 1 is 1.37 bits per heavy atom. The molecule has 1 saturated heterocycles. The summed E-state index contributed by atoms with van der Waals surface area (Å²) >= 11 is 3.52. The summed E-state index contributed by atoms with van der Waals surface area (Å²) < 4.78 is 1.16. The van der Waals surface area contributed by atoms with Gasteiger partial charge in [-0.05, 0) is 57.0 Å². The maximum Gasteiger partial charge on any atom is 0.0323 e. The normalized spacial score (nSPS) is 21.6. The summed E-state index contributed by atoms with van der Waals surface area (Å²) in [5, 5.41) is 3.54. The van der Waals surface area contributed by atoms with E-state index in [-0.39, 0.29) is 0 Å². The van der Waals surface area contributed by atoms with E-state index in [1.54, 1.807) is 0 Å². The molecule has 0 spiro atoms. The third-order valence-electron chi connectivity index (χ3n) is 4.07. The summed E-state index contributed by atoms with van der Waals surface area (Å²) in [7, 11) is 0. The van der Waals surface area contributed by atoms with Gasteiger partial charge in [0.25, 0.3) is 0 Å². The minimum atomic E-state index is 0.498. The summed E-state index contributed by atoms with van der Waals surface area (Å²) in [4.78, 5) is 2.68. The van der Waals surface area contributed by atoms with Gasteiger partial charge in [0.15, 0.2) is 0 Å². The fraction of sp³-hybridized carbons (Fsp3) is 0.625. The maximum absolute atomic E-state index is 3.54. The fourth-order valence-corrected chi connectivity index (χ4v) is 3.26. The SMILES string of the molecule is CCCN(C1CCCNC1)C(C)c1ccc(Br)cc1. The molecular formula is C16H25BrN2. The average Bonchev–Trinajstić information content (AvgIpc) is 2.46. The predicted molar refractivity (Wildman–Crippen MR) is 85.4 cm³/mol. The van der Waals surface area contributed by atoms with Crippen LogP contribution in [-0.4, -0.2) is 30.6 Å². The van der Waals surface area contributed by atoms with Crippen LogP contribution in [0.25, 0.3) is 0 Å². The molecule has 2 nitrogen and oxygen atoms in total. The van der Waals surface area contributed by atoms with Gasteiger partial charge in [-0.2, -0.15) is 0 Å². The van der Waals surface area contributed by atoms with Crippen molar-refractivity contribution in [3.8, 4) is 0 Å². The molecule has 0 aliphatic carbocycles. The molecule has 0 radical (unpaired) electrons. The minimum Gasteiger partial charge on any atom is -0.315 e. The molecule has 1 aliphatic rings. The van der Waals surface area contributed by atoms with Crippen LogP contribution in [0.3, 0.4) is 0 Å². The first kappa shape index (κ1) is 15.0. The Morgan fingerprint density at radius 3 is 2.68 bits per heavy atom. The number of nitrogens with one attached hydrogen (secondary N) is 1. The number of rotatable bonds is 5. The Balaban J connectivity index is 2.10. The van der Waals surface area contributed by atoms with Crippen LogP contribution in [0.4, 0.5) is 0 Å². The van der Waals surface area contributed by atoms with Crippen LogP contribution < -0.4 is 5.32 Å². The minimum absolute atomic E-state index is 0.498. The lowest BCUT2D eigenvalue weighted by atomic mass is 10.00. The Hall–Kier alpha value is -0.380. The topological polar surface area (TPSA) is 15.3 Å². The van der Waals surface area contributed by atoms with Gasteiger partial charge in [0.1, 0.15) is 0 Å². The van der Waals surface area contributed by atoms with E-state index in [1.807, 2.05) is 0 Å². The number of hydrogen-bond acceptors (Lipinski definition) is 2. The zero-order valence-electron chi connectivity index (χ0n) is 12.0. The van der Waals surface area contributed by atoms with Crippen molar-refractivity contribution in [3.05, 3.63) is 34.3 Å². The molecule has 0 saturated carbocycles. The van der Waals surface area contributed by atoms with E-state index in [9.17, 15) is 0 Å². The fourth-order valence-electron chi connectivity index (χ4n) is 3.00. The maximum atomic E-state index is 3.54. The Bertz CT molecular complexity index is 371. The van der Waals surface area contributed by atoms with Gasteiger partial charge in [0.2, 0.25) is 0 Å². The van der Waals surface area contributed by atoms with E-state index in [2.05, 4.69) is 64.3 Å². The van der Waals surface area contributed by atoms with Gasteiger partial charge in [0.05, 0.1) is 0 Å². The van der Waals surface area contributed by atoms with E-state index in [4.69, 9.17) is 0 Å². The van der Waals surface area contributed by atoms with Crippen LogP contribution in [0.15, 0.2) is 28.7 Å². The zero-order chi connectivity index (χ0) is 13.7. The number of nitrogens with zero attached hydrogens (tertiary/aromatic N) is 1. The second-order valence-corrected chi connectivity index (χ2v) is 6.38. The Kier molecular flexibility index (Phi) is 5.86. The van der Waals surface area contributed by atoms with Crippen molar-refractivity contribution >= 4 is 15.9 Å². The molecular weight excluding hydrogens is 300 g/mol. The third kappa shape index (κ3) is 4.04. The summed E-state index contributed by atoms with van der Waals surface area (Å²) in [6, 6.07) is 9.97. The van der Waals surface area contributed by atoms with Crippen LogP contribution in [-0.2, 0) is 0 Å². The summed E-state index contributed by atoms with van der Waals surface area (Å²) in [6.07, 6.45) is 3.85. The van der Waals surface area contributed by atoms with Gasteiger partial charge in [-0.3, -0.25) is 4.90 Å². The summed E-state index contributed by atoms with van der Waals surface area (Å²) in [6.45, 7) is 8.12. The highest BCUT2D eigenvalue weighted by Crippen LogP contribution is 2.26. The van der Waals surface area contributed by atoms with Gasteiger partial charge in [-0.15, -0.1) is 0 Å². The van der Waals surface area contributed by atoms with Crippen LogP contribution >= 0.6 is 15.9 Å². The van der Waals surface area contributed by atoms with Crippen molar-refractivity contribution in [2.45, 2.75) is 45.2 Å². The van der Waals surface area contributed by atoms with Crippen LogP contribution in [0.2, 0.25) is 0 Å². The summed E-state index contributed by atoms with van der Waals surface area (Å²) in [5.74, 6) is 0. The molecule has 2 unspecified atom stereocenters. The Labute approximate surface area is 125 Å². The highest BCUT2D eigenvalue weighted by Gasteiger charge is 2.25. The van der Waals surface area contributed by atoms with Gasteiger partial charge in [-0.1, -0.05) is 35.0 Å². The predicted octanol–water partition coefficient (Wildman–Crippen LogP) is 3.97. The molecule has 19 heavy (non-hydrogen) atoms. The van der Waals surface area contributed by atoms with Crippen molar-refractivity contribution in [1.29, 1.82) is 0 Å². The van der Waals surface area contributed by atoms with E-state index in [1.165, 1.54) is 37.9 Å². The van der Waals surface area contributed by atoms with Crippen LogP contribution in [0.5, 0.6) is 0 Å². The smallest absolute Gasteiger partial charge is 0.0323 e. The first-order chi connectivity index (χ1) is 9.22. The highest BCUT2D eigenvalue weighted by molar-refractivity contribution is 9.10. The van der Waals surface area contributed by atoms with Gasteiger partial charge >= 0.3 is 0 Å². The highest BCUT2D eigenvalue weighted by atomic mass is 79.9. The zero-order valence-corrected chi connectivity index (χ0v) is 13.6. The first-order valence-corrected chi connectivity index (χ1v) is 8.23. The van der Waals surface area contributed by atoms with Crippen LogP contribution in [0, 0.1) is 0 Å². The molecule has 1 heterocycles. The van der Waals surface area contributed by atoms with Crippen molar-refractivity contribution in [3.63, 3.8) is 0 Å². The molecule has 1 aliphatic heterocycles. The van der Waals surface area contributed by atoms with E-state index in [0.717, 1.165) is 11.0 Å². The molecule has 106 valence electrons. The Morgan fingerprint density at radius 2 is 2.11 bits per heavy atom. The molecule has 1 aromatic rings. The molecule has 3 heteroatoms. The van der Waals surface area contributed by atoms with Gasteiger partial charge < -0.3 is 5.32 Å². The number of hydrogen-bond donors (Lipinski definition) is 1. The number of benzene rings is 1. The quantitative estimate of drug-likeness (QED) is 0.881. The average molecular weight is 325 g/mol. The van der Waals surface area contributed by atoms with Crippen molar-refractivity contribution < 1.29 is 0 Å². The third-order valence-corrected chi connectivity index (χ3v) is 4.60. The molecule has 1 N–H and O–H groups in total. The summed E-state index contributed by atoms with van der Waals surface area (Å²) in [5.41, 5.74) is 1.42. The molecule has 0 aromatic heterocycles. The van der Waals surface area contributed by atoms with E-state index < -0.39 is 0 Å². The second kappa shape index (κ2) is 7.41. The lowest BCUT2D eigenvalue weighted by Crippen LogP contribution is -2.47. The van der Waals surface area contributed by atoms with Crippen molar-refractivity contribution in [1.82, 2.24) is 10.2 Å². The lowest BCUT2D eigenvalue weighted by molar-refractivity contribution is 0.120. The van der Waals surface area contributed by atoms with Gasteiger partial charge in [-0.25, -0.2) is 0 Å². The number of piperidine rings is 1. The van der Waals surface area contributed by atoms with Crippen molar-refractivity contribution in [2.75, 3.05) is 19.6 Å². The van der Waals surface area contributed by atoms with E-state index >= 15 is 0 Å². The second-order valence-electron chi connectivity index (χ2n) is 5.47. The monoisotopic (exact) mass is 324 g/mol. The largest absolute Gasteiger partial charge is 0.315 e. The first-order valence-electron chi connectivity index (χ1n) is 7.44.